The van der Waals surface area contributed by atoms with E-state index in [1.165, 1.54) is 11.8 Å². The summed E-state index contributed by atoms with van der Waals surface area (Å²) in [5, 5.41) is 0.192. The molecule has 1 aromatic rings. The van der Waals surface area contributed by atoms with Crippen LogP contribution in [0.5, 0.6) is 0 Å². The van der Waals surface area contributed by atoms with Gasteiger partial charge in [-0.3, -0.25) is 4.79 Å². The molecule has 0 saturated carbocycles. The van der Waals surface area contributed by atoms with Gasteiger partial charge in [0, 0.05) is 4.47 Å². The van der Waals surface area contributed by atoms with E-state index in [1.54, 1.807) is 11.8 Å². The highest BCUT2D eigenvalue weighted by Gasteiger charge is 2.33. The molecule has 0 N–H and O–H groups in total. The molecule has 82 valence electrons. The van der Waals surface area contributed by atoms with Gasteiger partial charge in [0.1, 0.15) is 4.75 Å². The molecule has 0 aliphatic carbocycles. The number of carbonyl (C=O) groups is 1. The normalized spacial score (nSPS) is 14.7. The number of halogens is 1. The first-order chi connectivity index (χ1) is 7.04. The summed E-state index contributed by atoms with van der Waals surface area (Å²) in [7, 11) is 0. The van der Waals surface area contributed by atoms with E-state index >= 15 is 0 Å². The third-order valence-corrected chi connectivity index (χ3v) is 5.05. The maximum Gasteiger partial charge on any atom is 0.208 e. The van der Waals surface area contributed by atoms with Crippen molar-refractivity contribution in [1.82, 2.24) is 0 Å². The molecule has 0 aromatic heterocycles. The zero-order valence-electron chi connectivity index (χ0n) is 8.91. The Labute approximate surface area is 108 Å². The number of hydrogen-bond donors (Lipinski definition) is 0. The largest absolute Gasteiger partial charge is 0.285 e. The molecule has 1 atom stereocenters. The average Bonchev–Trinajstić information content (AvgIpc) is 2.27. The Morgan fingerprint density at radius 3 is 2.20 bits per heavy atom. The number of thioether (sulfide) groups is 2. The zero-order valence-corrected chi connectivity index (χ0v) is 12.1. The fourth-order valence-electron chi connectivity index (χ4n) is 1.28. The van der Waals surface area contributed by atoms with E-state index < -0.39 is 4.75 Å². The number of hydrogen-bond acceptors (Lipinski definition) is 3. The van der Waals surface area contributed by atoms with E-state index in [2.05, 4.69) is 15.9 Å². The van der Waals surface area contributed by atoms with Crippen LogP contribution in [0.1, 0.15) is 12.5 Å². The molecule has 0 bridgehead atoms. The molecule has 4 heteroatoms. The van der Waals surface area contributed by atoms with Gasteiger partial charge in [-0.05, 0) is 37.1 Å². The molecule has 15 heavy (non-hydrogen) atoms. The van der Waals surface area contributed by atoms with Crippen LogP contribution in [0.3, 0.4) is 0 Å². The Balaban J connectivity index is 3.11. The van der Waals surface area contributed by atoms with Gasteiger partial charge in [-0.25, -0.2) is 0 Å². The van der Waals surface area contributed by atoms with Gasteiger partial charge in [0.15, 0.2) is 0 Å². The van der Waals surface area contributed by atoms with Gasteiger partial charge in [0.05, 0.1) is 0 Å². The summed E-state index contributed by atoms with van der Waals surface area (Å²) < 4.78 is 0.589. The van der Waals surface area contributed by atoms with Gasteiger partial charge < -0.3 is 0 Å². The minimum absolute atomic E-state index is 0.192. The smallest absolute Gasteiger partial charge is 0.208 e. The highest BCUT2D eigenvalue weighted by molar-refractivity contribution is 9.10. The molecule has 0 aliphatic heterocycles. The second-order valence-corrected chi connectivity index (χ2v) is 6.16. The van der Waals surface area contributed by atoms with Crippen LogP contribution < -0.4 is 0 Å². The monoisotopic (exact) mass is 304 g/mol. The first-order valence-corrected chi connectivity index (χ1v) is 7.68. The van der Waals surface area contributed by atoms with Crippen LogP contribution in [-0.4, -0.2) is 17.6 Å². The average molecular weight is 305 g/mol. The summed E-state index contributed by atoms with van der Waals surface area (Å²) in [5.41, 5.74) is 1.05. The number of rotatable bonds is 3. The van der Waals surface area contributed by atoms with Gasteiger partial charge in [0.25, 0.3) is 0 Å². The van der Waals surface area contributed by atoms with Crippen molar-refractivity contribution in [3.8, 4) is 0 Å². The topological polar surface area (TPSA) is 17.1 Å². The first kappa shape index (κ1) is 13.1. The van der Waals surface area contributed by atoms with Crippen LogP contribution in [0, 0.1) is 0 Å². The van der Waals surface area contributed by atoms with Crippen molar-refractivity contribution in [3.05, 3.63) is 34.3 Å². The number of benzene rings is 1. The maximum absolute atomic E-state index is 11.9. The molecule has 1 rings (SSSR count). The van der Waals surface area contributed by atoms with Crippen LogP contribution in [0.15, 0.2) is 28.7 Å². The predicted octanol–water partition coefficient (Wildman–Crippen LogP) is 3.92. The van der Waals surface area contributed by atoms with Crippen molar-refractivity contribution in [3.63, 3.8) is 0 Å². The summed E-state index contributed by atoms with van der Waals surface area (Å²) in [6, 6.07) is 7.93. The molecule has 0 saturated heterocycles. The highest BCUT2D eigenvalue weighted by atomic mass is 79.9. The van der Waals surface area contributed by atoms with Crippen molar-refractivity contribution < 1.29 is 4.79 Å². The molecule has 1 aromatic carbocycles. The van der Waals surface area contributed by atoms with Crippen LogP contribution in [0.25, 0.3) is 0 Å². The highest BCUT2D eigenvalue weighted by Crippen LogP contribution is 2.38. The van der Waals surface area contributed by atoms with Crippen LogP contribution in [0.2, 0.25) is 0 Å². The Morgan fingerprint density at radius 2 is 1.80 bits per heavy atom. The van der Waals surface area contributed by atoms with Gasteiger partial charge in [-0.1, -0.05) is 39.8 Å². The summed E-state index contributed by atoms with van der Waals surface area (Å²) >= 11 is 6.25. The van der Waals surface area contributed by atoms with Crippen LogP contribution >= 0.6 is 39.5 Å². The standard InChI is InChI=1S/C11H13BrOS2/c1-11(15-3,10(13)14-2)8-4-6-9(12)7-5-8/h4-7H,1-3H3/t11-/m0/s1. The third-order valence-electron chi connectivity index (χ3n) is 2.38. The SMILES string of the molecule is CSC(=O)[C@@](C)(SC)c1ccc(Br)cc1. The quantitative estimate of drug-likeness (QED) is 0.842. The van der Waals surface area contributed by atoms with Gasteiger partial charge >= 0.3 is 0 Å². The first-order valence-electron chi connectivity index (χ1n) is 4.44. The molecule has 0 unspecified atom stereocenters. The second-order valence-electron chi connectivity index (χ2n) is 3.24. The maximum atomic E-state index is 11.9. The third kappa shape index (κ3) is 2.80. The van der Waals surface area contributed by atoms with Crippen LogP contribution in [-0.2, 0) is 9.54 Å². The Bertz CT molecular complexity index is 350. The molecular formula is C11H13BrOS2. The molecule has 0 aliphatic rings. The van der Waals surface area contributed by atoms with Gasteiger partial charge in [-0.2, -0.15) is 0 Å². The lowest BCUT2D eigenvalue weighted by Gasteiger charge is -2.25. The van der Waals surface area contributed by atoms with Gasteiger partial charge in [-0.15, -0.1) is 11.8 Å². The lowest BCUT2D eigenvalue weighted by molar-refractivity contribution is -0.112. The Hall–Kier alpha value is 0.0700. The fourth-order valence-corrected chi connectivity index (χ4v) is 3.09. The zero-order chi connectivity index (χ0) is 11.5. The van der Waals surface area contributed by atoms with Crippen molar-refractivity contribution in [2.45, 2.75) is 11.7 Å². The predicted molar refractivity (Wildman–Crippen MR) is 73.5 cm³/mol. The van der Waals surface area contributed by atoms with E-state index in [1.807, 2.05) is 43.7 Å². The molecule has 0 fully saturated rings. The van der Waals surface area contributed by atoms with Gasteiger partial charge in [0.2, 0.25) is 5.12 Å². The Kier molecular flexibility index (Phi) is 4.74. The fraction of sp³-hybridized carbons (Fsp3) is 0.364. The summed E-state index contributed by atoms with van der Waals surface area (Å²) in [6.07, 6.45) is 3.80. The lowest BCUT2D eigenvalue weighted by atomic mass is 10.0. The van der Waals surface area contributed by atoms with Crippen molar-refractivity contribution in [1.29, 1.82) is 0 Å². The second kappa shape index (κ2) is 5.41. The lowest BCUT2D eigenvalue weighted by Crippen LogP contribution is -2.25. The molecule has 0 heterocycles. The van der Waals surface area contributed by atoms with E-state index in [0.717, 1.165) is 10.0 Å². The molecule has 0 amide bonds. The van der Waals surface area contributed by atoms with E-state index in [4.69, 9.17) is 0 Å². The van der Waals surface area contributed by atoms with E-state index in [0.29, 0.717) is 0 Å². The minimum Gasteiger partial charge on any atom is -0.285 e. The van der Waals surface area contributed by atoms with E-state index in [9.17, 15) is 4.79 Å². The molecular weight excluding hydrogens is 292 g/mol. The molecule has 0 spiro atoms. The molecule has 1 nitrogen and oxygen atoms in total. The summed E-state index contributed by atoms with van der Waals surface area (Å²) in [5.74, 6) is 0. The van der Waals surface area contributed by atoms with Crippen molar-refractivity contribution >= 4 is 44.6 Å². The van der Waals surface area contributed by atoms with Crippen LogP contribution in [0.4, 0.5) is 0 Å². The van der Waals surface area contributed by atoms with Crippen molar-refractivity contribution in [2.24, 2.45) is 0 Å². The van der Waals surface area contributed by atoms with E-state index in [-0.39, 0.29) is 5.12 Å². The summed E-state index contributed by atoms with van der Waals surface area (Å²) in [4.78, 5) is 11.9. The Morgan fingerprint density at radius 1 is 1.27 bits per heavy atom. The van der Waals surface area contributed by atoms with Crippen molar-refractivity contribution in [2.75, 3.05) is 12.5 Å². The summed E-state index contributed by atoms with van der Waals surface area (Å²) in [6.45, 7) is 1.97. The molecule has 0 radical (unpaired) electrons. The minimum atomic E-state index is -0.444. The number of carbonyl (C=O) groups excluding carboxylic acids is 1.